The molecule has 1 saturated heterocycles. The maximum Gasteiger partial charge on any atom is 0.252 e. The summed E-state index contributed by atoms with van der Waals surface area (Å²) in [5.41, 5.74) is 0.611. The molecule has 0 bridgehead atoms. The van der Waals surface area contributed by atoms with Crippen molar-refractivity contribution in [3.8, 4) is 10.4 Å². The molecule has 1 N–H and O–H groups in total. The van der Waals surface area contributed by atoms with Crippen molar-refractivity contribution in [3.63, 3.8) is 0 Å². The van der Waals surface area contributed by atoms with Crippen molar-refractivity contribution >= 4 is 27.3 Å². The zero-order valence-corrected chi connectivity index (χ0v) is 16.3. The average molecular weight is 391 g/mol. The standard InChI is InChI=1S/C19H22N2O3S2/c1-3-17(22)20-19(2)11-13-21(14-12-19)26(23,24)18-10-9-16(25-18)15-7-5-4-6-8-15/h3-10H,1,11-14H2,2H3,(H,20,22). The first-order valence-electron chi connectivity index (χ1n) is 8.44. The lowest BCUT2D eigenvalue weighted by Crippen LogP contribution is -2.53. The van der Waals surface area contributed by atoms with E-state index in [0.717, 1.165) is 10.4 Å². The molecule has 0 atom stereocenters. The van der Waals surface area contributed by atoms with Gasteiger partial charge in [0.2, 0.25) is 5.91 Å². The molecule has 5 nitrogen and oxygen atoms in total. The molecule has 138 valence electrons. The fraction of sp³-hybridized carbons (Fsp3) is 0.316. The van der Waals surface area contributed by atoms with Crippen LogP contribution in [0.4, 0.5) is 0 Å². The van der Waals surface area contributed by atoms with Gasteiger partial charge in [-0.2, -0.15) is 4.31 Å². The highest BCUT2D eigenvalue weighted by atomic mass is 32.2. The van der Waals surface area contributed by atoms with E-state index in [1.807, 2.05) is 43.3 Å². The van der Waals surface area contributed by atoms with Crippen LogP contribution < -0.4 is 5.32 Å². The average Bonchev–Trinajstić information content (AvgIpc) is 3.13. The number of rotatable bonds is 5. The Morgan fingerprint density at radius 3 is 2.46 bits per heavy atom. The second-order valence-corrected chi connectivity index (χ2v) is 9.89. The Labute approximate surface area is 158 Å². The lowest BCUT2D eigenvalue weighted by atomic mass is 9.90. The monoisotopic (exact) mass is 390 g/mol. The molecule has 0 saturated carbocycles. The van der Waals surface area contributed by atoms with E-state index in [0.29, 0.717) is 30.1 Å². The number of carbonyl (C=O) groups is 1. The lowest BCUT2D eigenvalue weighted by Gasteiger charge is -2.38. The van der Waals surface area contributed by atoms with E-state index in [9.17, 15) is 13.2 Å². The van der Waals surface area contributed by atoms with Crippen LogP contribution in [-0.4, -0.2) is 37.3 Å². The van der Waals surface area contributed by atoms with Crippen LogP contribution in [0.25, 0.3) is 10.4 Å². The second kappa shape index (κ2) is 7.34. The smallest absolute Gasteiger partial charge is 0.252 e. The highest BCUT2D eigenvalue weighted by Gasteiger charge is 2.36. The molecule has 1 aromatic heterocycles. The van der Waals surface area contributed by atoms with Crippen LogP contribution in [0.1, 0.15) is 19.8 Å². The zero-order chi connectivity index (χ0) is 18.8. The summed E-state index contributed by atoms with van der Waals surface area (Å²) >= 11 is 1.29. The highest BCUT2D eigenvalue weighted by molar-refractivity contribution is 7.91. The third-order valence-electron chi connectivity index (χ3n) is 4.67. The van der Waals surface area contributed by atoms with Crippen molar-refractivity contribution in [1.29, 1.82) is 0 Å². The molecule has 0 aliphatic carbocycles. The number of hydrogen-bond donors (Lipinski definition) is 1. The summed E-state index contributed by atoms with van der Waals surface area (Å²) in [6.07, 6.45) is 2.39. The van der Waals surface area contributed by atoms with Crippen LogP contribution in [0.15, 0.2) is 59.3 Å². The van der Waals surface area contributed by atoms with Crippen molar-refractivity contribution < 1.29 is 13.2 Å². The molecule has 1 aromatic carbocycles. The fourth-order valence-electron chi connectivity index (χ4n) is 3.04. The molecule has 0 radical (unpaired) electrons. The van der Waals surface area contributed by atoms with Crippen LogP contribution in [-0.2, 0) is 14.8 Å². The summed E-state index contributed by atoms with van der Waals surface area (Å²) < 4.78 is 27.8. The third kappa shape index (κ3) is 3.90. The molecular weight excluding hydrogens is 368 g/mol. The van der Waals surface area contributed by atoms with E-state index >= 15 is 0 Å². The summed E-state index contributed by atoms with van der Waals surface area (Å²) in [6.45, 7) is 6.17. The van der Waals surface area contributed by atoms with Gasteiger partial charge in [0.05, 0.1) is 0 Å². The first-order chi connectivity index (χ1) is 12.3. The molecule has 3 rings (SSSR count). The first kappa shape index (κ1) is 18.8. The summed E-state index contributed by atoms with van der Waals surface area (Å²) in [5, 5.41) is 2.91. The Hall–Kier alpha value is -1.96. The minimum absolute atomic E-state index is 0.227. The van der Waals surface area contributed by atoms with E-state index in [4.69, 9.17) is 0 Å². The van der Waals surface area contributed by atoms with Gasteiger partial charge in [0.15, 0.2) is 0 Å². The number of piperidine rings is 1. The van der Waals surface area contributed by atoms with Crippen molar-refractivity contribution in [2.24, 2.45) is 0 Å². The molecule has 0 spiro atoms. The summed E-state index contributed by atoms with van der Waals surface area (Å²) in [5.74, 6) is -0.227. The van der Waals surface area contributed by atoms with Gasteiger partial charge in [0, 0.05) is 23.5 Å². The van der Waals surface area contributed by atoms with Gasteiger partial charge in [-0.05, 0) is 43.5 Å². The minimum Gasteiger partial charge on any atom is -0.347 e. The van der Waals surface area contributed by atoms with Crippen LogP contribution in [0.2, 0.25) is 0 Å². The topological polar surface area (TPSA) is 66.5 Å². The second-order valence-electron chi connectivity index (χ2n) is 6.64. The van der Waals surface area contributed by atoms with Crippen molar-refractivity contribution in [2.45, 2.75) is 29.5 Å². The normalized spacial score (nSPS) is 17.6. The number of nitrogens with one attached hydrogen (secondary N) is 1. The van der Waals surface area contributed by atoms with E-state index in [2.05, 4.69) is 11.9 Å². The van der Waals surface area contributed by atoms with Gasteiger partial charge in [-0.3, -0.25) is 4.79 Å². The molecule has 26 heavy (non-hydrogen) atoms. The number of sulfonamides is 1. The van der Waals surface area contributed by atoms with Gasteiger partial charge in [0.25, 0.3) is 10.0 Å². The predicted octanol–water partition coefficient (Wildman–Crippen LogP) is 3.26. The third-order valence-corrected chi connectivity index (χ3v) is 8.17. The molecule has 1 fully saturated rings. The highest BCUT2D eigenvalue weighted by Crippen LogP contribution is 2.34. The van der Waals surface area contributed by atoms with E-state index in [1.54, 1.807) is 6.07 Å². The largest absolute Gasteiger partial charge is 0.347 e. The molecule has 0 unspecified atom stereocenters. The Morgan fingerprint density at radius 1 is 1.19 bits per heavy atom. The van der Waals surface area contributed by atoms with Gasteiger partial charge in [-0.1, -0.05) is 36.9 Å². The maximum atomic E-state index is 13.0. The van der Waals surface area contributed by atoms with Gasteiger partial charge >= 0.3 is 0 Å². The Morgan fingerprint density at radius 2 is 1.85 bits per heavy atom. The van der Waals surface area contributed by atoms with Crippen molar-refractivity contribution in [1.82, 2.24) is 9.62 Å². The quantitative estimate of drug-likeness (QED) is 0.797. The van der Waals surface area contributed by atoms with E-state index < -0.39 is 15.6 Å². The SMILES string of the molecule is C=CC(=O)NC1(C)CCN(S(=O)(=O)c2ccc(-c3ccccc3)s2)CC1. The summed E-state index contributed by atoms with van der Waals surface area (Å²) in [6, 6.07) is 13.3. The molecule has 1 aliphatic heterocycles. The summed E-state index contributed by atoms with van der Waals surface area (Å²) in [4.78, 5) is 12.5. The minimum atomic E-state index is -3.51. The number of amides is 1. The van der Waals surface area contributed by atoms with E-state index in [1.165, 1.54) is 21.7 Å². The lowest BCUT2D eigenvalue weighted by molar-refractivity contribution is -0.118. The number of carbonyl (C=O) groups excluding carboxylic acids is 1. The number of nitrogens with zero attached hydrogens (tertiary/aromatic N) is 1. The van der Waals surface area contributed by atoms with Gasteiger partial charge < -0.3 is 5.32 Å². The van der Waals surface area contributed by atoms with Gasteiger partial charge in [-0.25, -0.2) is 8.42 Å². The Balaban J connectivity index is 1.73. The molecule has 2 aromatic rings. The fourth-order valence-corrected chi connectivity index (χ4v) is 5.94. The first-order valence-corrected chi connectivity index (χ1v) is 10.7. The van der Waals surface area contributed by atoms with Crippen LogP contribution in [0, 0.1) is 0 Å². The Kier molecular flexibility index (Phi) is 5.32. The number of hydrogen-bond acceptors (Lipinski definition) is 4. The van der Waals surface area contributed by atoms with Gasteiger partial charge in [0.1, 0.15) is 4.21 Å². The Bertz CT molecular complexity index is 896. The summed E-state index contributed by atoms with van der Waals surface area (Å²) in [7, 11) is -3.51. The van der Waals surface area contributed by atoms with Crippen LogP contribution in [0.5, 0.6) is 0 Å². The van der Waals surface area contributed by atoms with Crippen molar-refractivity contribution in [2.75, 3.05) is 13.1 Å². The molecule has 2 heterocycles. The van der Waals surface area contributed by atoms with Crippen molar-refractivity contribution in [3.05, 3.63) is 55.1 Å². The van der Waals surface area contributed by atoms with E-state index in [-0.39, 0.29) is 5.91 Å². The number of thiophene rings is 1. The molecule has 1 amide bonds. The maximum absolute atomic E-state index is 13.0. The van der Waals surface area contributed by atoms with Gasteiger partial charge in [-0.15, -0.1) is 11.3 Å². The zero-order valence-electron chi connectivity index (χ0n) is 14.6. The number of benzene rings is 1. The van der Waals surface area contributed by atoms with Crippen LogP contribution in [0.3, 0.4) is 0 Å². The molecular formula is C19H22N2O3S2. The molecule has 7 heteroatoms. The van der Waals surface area contributed by atoms with Crippen LogP contribution >= 0.6 is 11.3 Å². The predicted molar refractivity (Wildman–Crippen MR) is 104 cm³/mol. The molecule has 1 aliphatic rings.